The molecular formula is C18H26N2O4S. The summed E-state index contributed by atoms with van der Waals surface area (Å²) in [5.74, 6) is 0.153. The van der Waals surface area contributed by atoms with Crippen molar-refractivity contribution < 1.29 is 17.9 Å². The fourth-order valence-corrected chi connectivity index (χ4v) is 5.15. The number of nitrogens with zero attached hydrogens (tertiary/aromatic N) is 2. The Morgan fingerprint density at radius 1 is 1.24 bits per heavy atom. The summed E-state index contributed by atoms with van der Waals surface area (Å²) in [4.78, 5) is 14.9. The van der Waals surface area contributed by atoms with Crippen molar-refractivity contribution >= 4 is 21.6 Å². The molecule has 1 amide bonds. The minimum atomic E-state index is -3.47. The summed E-state index contributed by atoms with van der Waals surface area (Å²) in [6, 6.07) is 5.15. The first-order valence-corrected chi connectivity index (χ1v) is 10.4. The Morgan fingerprint density at radius 3 is 2.56 bits per heavy atom. The van der Waals surface area contributed by atoms with E-state index in [0.717, 1.165) is 24.1 Å². The van der Waals surface area contributed by atoms with Gasteiger partial charge in [0.1, 0.15) is 0 Å². The molecule has 3 rings (SSSR count). The Bertz CT molecular complexity index is 737. The van der Waals surface area contributed by atoms with Crippen molar-refractivity contribution in [3.63, 3.8) is 0 Å². The van der Waals surface area contributed by atoms with Gasteiger partial charge in [-0.3, -0.25) is 4.79 Å². The molecule has 25 heavy (non-hydrogen) atoms. The van der Waals surface area contributed by atoms with E-state index in [-0.39, 0.29) is 11.8 Å². The lowest BCUT2D eigenvalue weighted by Crippen LogP contribution is -2.37. The first-order valence-electron chi connectivity index (χ1n) is 9.01. The van der Waals surface area contributed by atoms with Crippen molar-refractivity contribution in [2.75, 3.05) is 37.7 Å². The number of anilines is 1. The number of carbonyl (C=O) groups is 1. The molecule has 0 spiro atoms. The molecule has 0 unspecified atom stereocenters. The van der Waals surface area contributed by atoms with Crippen LogP contribution in [-0.4, -0.2) is 51.5 Å². The third-order valence-electron chi connectivity index (χ3n) is 5.13. The van der Waals surface area contributed by atoms with Gasteiger partial charge in [-0.05, 0) is 43.0 Å². The number of ether oxygens (including phenoxy) is 1. The standard InChI is InChI=1S/C18H26N2O4S/c1-3-19(4-2)25(22,23)16-5-6-17-15(13-16)7-10-20(17)18(21)14-8-11-24-12-9-14/h5-6,13-14H,3-4,7-12H2,1-2H3. The summed E-state index contributed by atoms with van der Waals surface area (Å²) in [6.07, 6.45) is 2.23. The molecule has 2 aliphatic rings. The van der Waals surface area contributed by atoms with Gasteiger partial charge in [0.15, 0.2) is 0 Å². The van der Waals surface area contributed by atoms with Crippen molar-refractivity contribution in [2.24, 2.45) is 5.92 Å². The van der Waals surface area contributed by atoms with Gasteiger partial charge >= 0.3 is 0 Å². The van der Waals surface area contributed by atoms with Crippen LogP contribution in [-0.2, 0) is 26.0 Å². The van der Waals surface area contributed by atoms with Crippen LogP contribution in [0.3, 0.4) is 0 Å². The largest absolute Gasteiger partial charge is 0.381 e. The van der Waals surface area contributed by atoms with Gasteiger partial charge in [0.05, 0.1) is 4.90 Å². The zero-order valence-electron chi connectivity index (χ0n) is 14.9. The molecule has 1 fully saturated rings. The molecule has 0 N–H and O–H groups in total. The number of benzene rings is 1. The van der Waals surface area contributed by atoms with E-state index in [1.165, 1.54) is 4.31 Å². The second kappa shape index (κ2) is 7.43. The summed E-state index contributed by atoms with van der Waals surface area (Å²) in [6.45, 7) is 6.47. The van der Waals surface area contributed by atoms with E-state index in [1.54, 1.807) is 18.2 Å². The highest BCUT2D eigenvalue weighted by Crippen LogP contribution is 2.33. The van der Waals surface area contributed by atoms with Gasteiger partial charge in [0.25, 0.3) is 0 Å². The molecule has 0 atom stereocenters. The minimum absolute atomic E-state index is 0.0128. The van der Waals surface area contributed by atoms with E-state index >= 15 is 0 Å². The predicted molar refractivity (Wildman–Crippen MR) is 96.1 cm³/mol. The van der Waals surface area contributed by atoms with Gasteiger partial charge in [-0.15, -0.1) is 0 Å². The highest BCUT2D eigenvalue weighted by atomic mass is 32.2. The average Bonchev–Trinajstić information content (AvgIpc) is 3.06. The third-order valence-corrected chi connectivity index (χ3v) is 7.17. The molecule has 1 saturated heterocycles. The number of amides is 1. The van der Waals surface area contributed by atoms with Crippen LogP contribution in [0.4, 0.5) is 5.69 Å². The van der Waals surface area contributed by atoms with Crippen molar-refractivity contribution in [1.29, 1.82) is 0 Å². The quantitative estimate of drug-likeness (QED) is 0.800. The van der Waals surface area contributed by atoms with Gasteiger partial charge in [-0.25, -0.2) is 8.42 Å². The fraction of sp³-hybridized carbons (Fsp3) is 0.611. The lowest BCUT2D eigenvalue weighted by atomic mass is 9.98. The van der Waals surface area contributed by atoms with Gasteiger partial charge in [-0.1, -0.05) is 13.8 Å². The Hall–Kier alpha value is -1.44. The molecule has 6 nitrogen and oxygen atoms in total. The number of carbonyl (C=O) groups excluding carboxylic acids is 1. The normalized spacial score (nSPS) is 18.6. The zero-order chi connectivity index (χ0) is 18.0. The van der Waals surface area contributed by atoms with Crippen molar-refractivity contribution in [2.45, 2.75) is 38.0 Å². The highest BCUT2D eigenvalue weighted by Gasteiger charge is 2.32. The first-order chi connectivity index (χ1) is 12.0. The van der Waals surface area contributed by atoms with E-state index in [4.69, 9.17) is 4.74 Å². The maximum absolute atomic E-state index is 12.8. The Kier molecular flexibility index (Phi) is 5.46. The molecule has 0 radical (unpaired) electrons. The van der Waals surface area contributed by atoms with Crippen LogP contribution in [0.1, 0.15) is 32.3 Å². The van der Waals surface area contributed by atoms with E-state index in [2.05, 4.69) is 0 Å². The van der Waals surface area contributed by atoms with Gasteiger partial charge in [0.2, 0.25) is 15.9 Å². The van der Waals surface area contributed by atoms with Gasteiger partial charge in [0, 0.05) is 44.5 Å². The lowest BCUT2D eigenvalue weighted by molar-refractivity contribution is -0.125. The number of hydrogen-bond donors (Lipinski definition) is 0. The monoisotopic (exact) mass is 366 g/mol. The second-order valence-electron chi connectivity index (χ2n) is 6.51. The summed E-state index contributed by atoms with van der Waals surface area (Å²) < 4.78 is 32.2. The molecule has 1 aromatic carbocycles. The fourth-order valence-electron chi connectivity index (χ4n) is 3.65. The topological polar surface area (TPSA) is 66.9 Å². The zero-order valence-corrected chi connectivity index (χ0v) is 15.7. The molecule has 0 bridgehead atoms. The van der Waals surface area contributed by atoms with Crippen molar-refractivity contribution in [1.82, 2.24) is 4.31 Å². The van der Waals surface area contributed by atoms with E-state index in [9.17, 15) is 13.2 Å². The van der Waals surface area contributed by atoms with E-state index in [0.29, 0.717) is 44.2 Å². The van der Waals surface area contributed by atoms with Crippen molar-refractivity contribution in [3.8, 4) is 0 Å². The van der Waals surface area contributed by atoms with Crippen LogP contribution in [0.2, 0.25) is 0 Å². The van der Waals surface area contributed by atoms with Crippen LogP contribution < -0.4 is 4.90 Å². The molecule has 0 aliphatic carbocycles. The Morgan fingerprint density at radius 2 is 1.92 bits per heavy atom. The molecule has 0 saturated carbocycles. The van der Waals surface area contributed by atoms with Gasteiger partial charge < -0.3 is 9.64 Å². The van der Waals surface area contributed by atoms with E-state index < -0.39 is 10.0 Å². The summed E-state index contributed by atoms with van der Waals surface area (Å²) in [5.41, 5.74) is 1.80. The highest BCUT2D eigenvalue weighted by molar-refractivity contribution is 7.89. The van der Waals surface area contributed by atoms with Crippen LogP contribution >= 0.6 is 0 Å². The summed E-state index contributed by atoms with van der Waals surface area (Å²) in [7, 11) is -3.47. The number of rotatable bonds is 5. The summed E-state index contributed by atoms with van der Waals surface area (Å²) in [5, 5.41) is 0. The molecule has 138 valence electrons. The van der Waals surface area contributed by atoms with Crippen LogP contribution in [0.15, 0.2) is 23.1 Å². The number of hydrogen-bond acceptors (Lipinski definition) is 4. The van der Waals surface area contributed by atoms with Crippen molar-refractivity contribution in [3.05, 3.63) is 23.8 Å². The summed E-state index contributed by atoms with van der Waals surface area (Å²) >= 11 is 0. The number of sulfonamides is 1. The predicted octanol–water partition coefficient (Wildman–Crippen LogP) is 2.03. The number of fused-ring (bicyclic) bond motifs is 1. The molecule has 0 aromatic heterocycles. The maximum atomic E-state index is 12.8. The smallest absolute Gasteiger partial charge is 0.243 e. The first kappa shape index (κ1) is 18.4. The van der Waals surface area contributed by atoms with Crippen LogP contribution in [0.5, 0.6) is 0 Å². The van der Waals surface area contributed by atoms with E-state index in [1.807, 2.05) is 18.7 Å². The minimum Gasteiger partial charge on any atom is -0.381 e. The Balaban J connectivity index is 1.84. The SMILES string of the molecule is CCN(CC)S(=O)(=O)c1ccc2c(c1)CCN2C(=O)C1CCOCC1. The molecule has 2 aliphatic heterocycles. The second-order valence-corrected chi connectivity index (χ2v) is 8.44. The van der Waals surface area contributed by atoms with Gasteiger partial charge in [-0.2, -0.15) is 4.31 Å². The Labute approximate surface area is 149 Å². The molecule has 7 heteroatoms. The lowest BCUT2D eigenvalue weighted by Gasteiger charge is -2.27. The maximum Gasteiger partial charge on any atom is 0.243 e. The van der Waals surface area contributed by atoms with Crippen LogP contribution in [0.25, 0.3) is 0 Å². The molecular weight excluding hydrogens is 340 g/mol. The molecule has 1 aromatic rings. The third kappa shape index (κ3) is 3.45. The molecule has 2 heterocycles. The average molecular weight is 366 g/mol. The van der Waals surface area contributed by atoms with Crippen LogP contribution in [0, 0.1) is 5.92 Å².